The molecule has 0 radical (unpaired) electrons. The zero-order valence-electron chi connectivity index (χ0n) is 45.8. The van der Waals surface area contributed by atoms with Crippen molar-refractivity contribution in [3.8, 4) is 19.8 Å². The maximum absolute atomic E-state index is 13.5. The number of ether oxygens (including phenoxy) is 3. The van der Waals surface area contributed by atoms with Crippen LogP contribution in [0.25, 0.3) is 19.8 Å². The lowest BCUT2D eigenvalue weighted by Crippen LogP contribution is -2.49. The fourth-order valence-electron chi connectivity index (χ4n) is 7.94. The maximum Gasteiger partial charge on any atom is 0.407 e. The Hall–Kier alpha value is -7.60. The smallest absolute Gasteiger partial charge is 0.407 e. The van der Waals surface area contributed by atoms with E-state index in [1.165, 1.54) is 61.9 Å². The molecule has 5 heterocycles. The number of methoxy groups -OCH3 is 2. The molecule has 4 amide bonds. The van der Waals surface area contributed by atoms with Gasteiger partial charge in [0.05, 0.1) is 59.4 Å². The molecule has 21 nitrogen and oxygen atoms in total. The Morgan fingerprint density at radius 1 is 0.560 bits per heavy atom. The summed E-state index contributed by atoms with van der Waals surface area (Å²) in [6, 6.07) is 38.0. The Morgan fingerprint density at radius 2 is 0.952 bits per heavy atom. The summed E-state index contributed by atoms with van der Waals surface area (Å²) >= 11 is 6.18. The first-order valence-corrected chi connectivity index (χ1v) is 32.6. The number of thiazole rings is 2. The van der Waals surface area contributed by atoms with E-state index >= 15 is 0 Å². The number of nitrogen functional groups attached to an aromatic ring is 1. The lowest BCUT2D eigenvalue weighted by Gasteiger charge is -2.23. The van der Waals surface area contributed by atoms with Crippen LogP contribution >= 0.6 is 45.3 Å². The number of nitrogens with zero attached hydrogens (tertiary/aromatic N) is 2. The quantitative estimate of drug-likeness (QED) is 0.0260. The van der Waals surface area contributed by atoms with Gasteiger partial charge in [-0.25, -0.2) is 19.6 Å². The van der Waals surface area contributed by atoms with Gasteiger partial charge in [0.15, 0.2) is 0 Å². The van der Waals surface area contributed by atoms with Crippen molar-refractivity contribution in [2.45, 2.75) is 62.7 Å². The second kappa shape index (κ2) is 33.0. The van der Waals surface area contributed by atoms with Gasteiger partial charge >= 0.3 is 22.5 Å². The summed E-state index contributed by atoms with van der Waals surface area (Å²) in [5.74, 6) is -0.727. The van der Waals surface area contributed by atoms with Crippen LogP contribution in [0.3, 0.4) is 0 Å². The van der Waals surface area contributed by atoms with E-state index in [1.54, 1.807) is 34.8 Å². The topological polar surface area (TPSA) is 317 Å². The van der Waals surface area contributed by atoms with E-state index in [4.69, 9.17) is 39.0 Å². The van der Waals surface area contributed by atoms with Crippen LogP contribution in [-0.2, 0) is 69.9 Å². The van der Waals surface area contributed by atoms with Crippen LogP contribution < -0.4 is 31.7 Å². The number of aromatic nitrogens is 2. The minimum Gasteiger partial charge on any atom is -0.453 e. The largest absolute Gasteiger partial charge is 0.453 e. The van der Waals surface area contributed by atoms with Crippen LogP contribution in [0.5, 0.6) is 0 Å². The highest BCUT2D eigenvalue weighted by Gasteiger charge is 2.28. The molecule has 446 valence electrons. The molecule has 84 heavy (non-hydrogen) atoms. The standard InChI is InChI=1S/C26H26N4O6S3.C26H26N4O3S2.C4H8O.CH4O3S/c1-36-26(32)29-21(15-17-6-3-2-4-7-17)24(31)27-20(22-16-38-25(28-22)23-8-5-13-37-23)14-18-9-11-19(12-10-18)30-39(33,34)35;1-33-26(32)30-21(15-17-6-3-2-4-7-17)24(31)28-20(14-18-9-11-19(27)12-10-18)22-16-35-25(29-22)23-8-5-13-34-23;1-2-4-5-3-1;1-5(2,3)4/h2-13,16,20-21,30H,14-15H2,1H3,(H,27,31)(H,29,32)(H,33,34,35);2-13,16,20-21H,14-15,27H2,1H3,(H,28,31)(H,30,32);1-4H2;1H3,(H,2,3,4)/t2*20-,21-;;/m11../s1. The SMILES string of the molecule is C1CCOC1.COC(=O)N[C@H](Cc1ccccc1)C(=O)N[C@H](Cc1ccc(N)cc1)c1csc(-c2cccs2)n1.COC(=O)N[C@H](Cc1ccccc1)C(=O)N[C@H](Cc1ccc(NS(=O)(=O)O)cc1)c1csc(-c2cccs2)n1.CS(=O)(=O)O. The van der Waals surface area contributed by atoms with Gasteiger partial charge in [0.25, 0.3) is 10.1 Å². The van der Waals surface area contributed by atoms with E-state index in [9.17, 15) is 36.0 Å². The van der Waals surface area contributed by atoms with Gasteiger partial charge < -0.3 is 41.2 Å². The van der Waals surface area contributed by atoms with Crippen molar-refractivity contribution in [3.63, 3.8) is 0 Å². The van der Waals surface area contributed by atoms with Crippen LogP contribution in [0.2, 0.25) is 0 Å². The van der Waals surface area contributed by atoms with Gasteiger partial charge in [-0.05, 0) is 95.1 Å². The number of thiophene rings is 2. The average Bonchev–Trinajstić information content (AvgIpc) is 4.53. The van der Waals surface area contributed by atoms with Crippen LogP contribution in [0, 0.1) is 0 Å². The third kappa shape index (κ3) is 23.6. The van der Waals surface area contributed by atoms with Crippen molar-refractivity contribution in [1.82, 2.24) is 31.2 Å². The van der Waals surface area contributed by atoms with E-state index in [-0.39, 0.29) is 18.0 Å². The number of benzene rings is 4. The Bertz CT molecular complexity index is 3500. The highest BCUT2D eigenvalue weighted by Crippen LogP contribution is 2.33. The molecule has 0 spiro atoms. The normalized spacial score (nSPS) is 13.2. The van der Waals surface area contributed by atoms with Gasteiger partial charge in [0.1, 0.15) is 22.1 Å². The first-order chi connectivity index (χ1) is 40.2. The van der Waals surface area contributed by atoms with Gasteiger partial charge in [0.2, 0.25) is 11.8 Å². The molecule has 0 bridgehead atoms. The molecular weight excluding hydrogens is 1200 g/mol. The van der Waals surface area contributed by atoms with Crippen molar-refractivity contribution in [2.24, 2.45) is 0 Å². The van der Waals surface area contributed by atoms with Crippen molar-refractivity contribution in [2.75, 3.05) is 44.1 Å². The van der Waals surface area contributed by atoms with E-state index in [0.29, 0.717) is 36.9 Å². The monoisotopic (exact) mass is 1260 g/mol. The Balaban J connectivity index is 0.000000232. The summed E-state index contributed by atoms with van der Waals surface area (Å²) < 4.78 is 73.6. The molecular formula is C57H64N8O13S6. The van der Waals surface area contributed by atoms with Crippen molar-refractivity contribution in [1.29, 1.82) is 0 Å². The third-order valence-electron chi connectivity index (χ3n) is 11.9. The predicted octanol–water partition coefficient (Wildman–Crippen LogP) is 9.58. The van der Waals surface area contributed by atoms with Crippen LogP contribution in [0.15, 0.2) is 155 Å². The predicted molar refractivity (Wildman–Crippen MR) is 329 cm³/mol. The summed E-state index contributed by atoms with van der Waals surface area (Å²) in [5, 5.41) is 21.0. The number of amides is 4. The lowest BCUT2D eigenvalue weighted by molar-refractivity contribution is -0.124. The third-order valence-corrected chi connectivity index (χ3v) is 16.2. The number of nitrogens with two attached hydrogens (primary N) is 1. The summed E-state index contributed by atoms with van der Waals surface area (Å²) in [5.41, 5.74) is 11.7. The first kappa shape index (κ1) is 65.6. The molecule has 9 rings (SSSR count). The lowest BCUT2D eigenvalue weighted by atomic mass is 10.0. The second-order valence-corrected chi connectivity index (χ2v) is 24.7. The summed E-state index contributed by atoms with van der Waals surface area (Å²) in [6.07, 6.45) is 3.32. The number of carbonyl (C=O) groups excluding carboxylic acids is 4. The Labute approximate surface area is 503 Å². The van der Waals surface area contributed by atoms with Gasteiger partial charge in [0, 0.05) is 42.5 Å². The molecule has 1 aliphatic rings. The zero-order valence-corrected chi connectivity index (χ0v) is 50.7. The van der Waals surface area contributed by atoms with Gasteiger partial charge in [-0.1, -0.05) is 97.1 Å². The molecule has 4 atom stereocenters. The van der Waals surface area contributed by atoms with E-state index in [1.807, 2.05) is 135 Å². The molecule has 1 aliphatic heterocycles. The number of anilines is 2. The molecule has 27 heteroatoms. The molecule has 8 aromatic rings. The Morgan fingerprint density at radius 3 is 1.30 bits per heavy atom. The van der Waals surface area contributed by atoms with Gasteiger partial charge in [-0.2, -0.15) is 16.8 Å². The minimum atomic E-state index is -4.40. The van der Waals surface area contributed by atoms with Crippen molar-refractivity contribution >= 4 is 101 Å². The number of hydrogen-bond donors (Lipinski definition) is 8. The molecule has 4 aromatic carbocycles. The van der Waals surface area contributed by atoms with Crippen LogP contribution in [-0.4, -0.2) is 106 Å². The second-order valence-electron chi connectivity index (χ2n) is 18.5. The summed E-state index contributed by atoms with van der Waals surface area (Å²) in [6.45, 7) is 2.00. The summed E-state index contributed by atoms with van der Waals surface area (Å²) in [7, 11) is -5.55. The van der Waals surface area contributed by atoms with Crippen LogP contribution in [0.1, 0.15) is 58.6 Å². The minimum absolute atomic E-state index is 0.195. The van der Waals surface area contributed by atoms with Gasteiger partial charge in [-0.3, -0.25) is 23.4 Å². The molecule has 1 saturated heterocycles. The molecule has 9 N–H and O–H groups in total. The highest BCUT2D eigenvalue weighted by molar-refractivity contribution is 7.87. The number of carbonyl (C=O) groups is 4. The first-order valence-electron chi connectivity index (χ1n) is 25.8. The molecule has 0 unspecified atom stereocenters. The Kier molecular flexibility index (Phi) is 25.8. The average molecular weight is 1260 g/mol. The fourth-order valence-corrected chi connectivity index (χ4v) is 11.7. The number of rotatable bonds is 20. The fraction of sp³-hybridized carbons (Fsp3) is 0.263. The van der Waals surface area contributed by atoms with E-state index in [2.05, 4.69) is 21.3 Å². The molecule has 1 fully saturated rings. The molecule has 0 saturated carbocycles. The number of hydrogen-bond acceptors (Lipinski definition) is 18. The zero-order chi connectivity index (χ0) is 60.5. The van der Waals surface area contributed by atoms with Crippen molar-refractivity contribution in [3.05, 3.63) is 189 Å². The molecule has 0 aliphatic carbocycles. The number of alkyl carbamates (subject to hydrolysis) is 2. The van der Waals surface area contributed by atoms with E-state index in [0.717, 1.165) is 60.9 Å². The highest BCUT2D eigenvalue weighted by atomic mass is 32.2. The van der Waals surface area contributed by atoms with Crippen LogP contribution in [0.4, 0.5) is 21.0 Å². The number of nitrogens with one attached hydrogen (secondary N) is 5. The molecule has 4 aromatic heterocycles. The maximum atomic E-state index is 13.5. The van der Waals surface area contributed by atoms with Gasteiger partial charge in [-0.15, -0.1) is 45.3 Å². The van der Waals surface area contributed by atoms with E-state index < -0.39 is 62.7 Å². The summed E-state index contributed by atoms with van der Waals surface area (Å²) in [4.78, 5) is 62.7. The van der Waals surface area contributed by atoms with Crippen molar-refractivity contribution < 1.29 is 59.3 Å².